The van der Waals surface area contributed by atoms with Crippen LogP contribution < -0.4 is 0 Å². The molecule has 0 fully saturated rings. The fourth-order valence-corrected chi connectivity index (χ4v) is 2.72. The Morgan fingerprint density at radius 1 is 0.850 bits per heavy atom. The molecule has 0 saturated carbocycles. The van der Waals surface area contributed by atoms with Crippen LogP contribution in [0.3, 0.4) is 0 Å². The Kier molecular flexibility index (Phi) is 6.62. The van der Waals surface area contributed by atoms with Crippen molar-refractivity contribution in [2.45, 2.75) is 71.1 Å². The standard InChI is InChI=1S/C18H27NO/c1-2-3-4-5-6-7-8-9-10-14-17-16-13-11-12-15-18(16)20-19-17/h11-13,15H,2-10,14H2,1H3. The monoisotopic (exact) mass is 273 g/mol. The second-order valence-electron chi connectivity index (χ2n) is 5.70. The van der Waals surface area contributed by atoms with E-state index in [9.17, 15) is 0 Å². The molecular weight excluding hydrogens is 246 g/mol. The van der Waals surface area contributed by atoms with E-state index in [-0.39, 0.29) is 0 Å². The molecule has 0 unspecified atom stereocenters. The first-order chi connectivity index (χ1) is 9.92. The van der Waals surface area contributed by atoms with Gasteiger partial charge in [0.2, 0.25) is 0 Å². The average Bonchev–Trinajstić information content (AvgIpc) is 2.89. The normalized spacial score (nSPS) is 11.2. The number of hydrogen-bond acceptors (Lipinski definition) is 2. The third-order valence-corrected chi connectivity index (χ3v) is 3.97. The molecule has 2 aromatic rings. The van der Waals surface area contributed by atoms with E-state index < -0.39 is 0 Å². The lowest BCUT2D eigenvalue weighted by Crippen LogP contribution is -1.87. The van der Waals surface area contributed by atoms with Gasteiger partial charge in [-0.3, -0.25) is 0 Å². The van der Waals surface area contributed by atoms with Gasteiger partial charge in [-0.2, -0.15) is 0 Å². The maximum Gasteiger partial charge on any atom is 0.167 e. The van der Waals surface area contributed by atoms with Gasteiger partial charge in [0.25, 0.3) is 0 Å². The van der Waals surface area contributed by atoms with Gasteiger partial charge in [-0.15, -0.1) is 0 Å². The lowest BCUT2D eigenvalue weighted by Gasteiger charge is -2.01. The average molecular weight is 273 g/mol. The molecular formula is C18H27NO. The molecule has 0 aliphatic carbocycles. The van der Waals surface area contributed by atoms with Crippen LogP contribution in [0.1, 0.15) is 70.4 Å². The van der Waals surface area contributed by atoms with Gasteiger partial charge in [0.05, 0.1) is 5.69 Å². The van der Waals surface area contributed by atoms with Crippen molar-refractivity contribution < 1.29 is 4.52 Å². The van der Waals surface area contributed by atoms with E-state index in [1.54, 1.807) is 0 Å². The maximum absolute atomic E-state index is 5.33. The summed E-state index contributed by atoms with van der Waals surface area (Å²) >= 11 is 0. The Morgan fingerprint density at radius 2 is 1.50 bits per heavy atom. The van der Waals surface area contributed by atoms with E-state index in [0.29, 0.717) is 0 Å². The molecule has 0 bridgehead atoms. The highest BCUT2D eigenvalue weighted by Crippen LogP contribution is 2.20. The number of aromatic nitrogens is 1. The van der Waals surface area contributed by atoms with Crippen LogP contribution in [0.25, 0.3) is 11.0 Å². The molecule has 0 atom stereocenters. The molecule has 110 valence electrons. The molecule has 0 amide bonds. The van der Waals surface area contributed by atoms with Crippen LogP contribution in [-0.2, 0) is 6.42 Å². The first kappa shape index (κ1) is 15.1. The highest BCUT2D eigenvalue weighted by molar-refractivity contribution is 5.79. The minimum Gasteiger partial charge on any atom is -0.356 e. The predicted molar refractivity (Wildman–Crippen MR) is 84.9 cm³/mol. The summed E-state index contributed by atoms with van der Waals surface area (Å²) in [5, 5.41) is 5.38. The molecule has 0 aliphatic heterocycles. The number of para-hydroxylation sites is 1. The summed E-state index contributed by atoms with van der Waals surface area (Å²) in [6.45, 7) is 2.27. The molecule has 0 aliphatic rings. The third-order valence-electron chi connectivity index (χ3n) is 3.97. The van der Waals surface area contributed by atoms with Gasteiger partial charge in [0.15, 0.2) is 5.58 Å². The molecule has 20 heavy (non-hydrogen) atoms. The number of aryl methyl sites for hydroxylation is 1. The van der Waals surface area contributed by atoms with E-state index in [2.05, 4.69) is 24.2 Å². The Bertz CT molecular complexity index is 489. The van der Waals surface area contributed by atoms with Crippen molar-refractivity contribution in [3.05, 3.63) is 30.0 Å². The molecule has 0 saturated heterocycles. The highest BCUT2D eigenvalue weighted by atomic mass is 16.5. The summed E-state index contributed by atoms with van der Waals surface area (Å²) in [6, 6.07) is 8.15. The van der Waals surface area contributed by atoms with Crippen molar-refractivity contribution in [1.29, 1.82) is 0 Å². The van der Waals surface area contributed by atoms with Gasteiger partial charge in [-0.05, 0) is 25.0 Å². The molecule has 1 aromatic carbocycles. The van der Waals surface area contributed by atoms with Crippen LogP contribution in [0.15, 0.2) is 28.8 Å². The Hall–Kier alpha value is -1.31. The summed E-state index contributed by atoms with van der Waals surface area (Å²) in [7, 11) is 0. The summed E-state index contributed by atoms with van der Waals surface area (Å²) in [6.07, 6.45) is 13.3. The van der Waals surface area contributed by atoms with Crippen molar-refractivity contribution in [2.75, 3.05) is 0 Å². The van der Waals surface area contributed by atoms with E-state index >= 15 is 0 Å². The van der Waals surface area contributed by atoms with Crippen LogP contribution in [0.2, 0.25) is 0 Å². The lowest BCUT2D eigenvalue weighted by molar-refractivity contribution is 0.443. The van der Waals surface area contributed by atoms with E-state index in [4.69, 9.17) is 4.52 Å². The number of unbranched alkanes of at least 4 members (excludes halogenated alkanes) is 8. The topological polar surface area (TPSA) is 26.0 Å². The number of fused-ring (bicyclic) bond motifs is 1. The van der Waals surface area contributed by atoms with Crippen molar-refractivity contribution >= 4 is 11.0 Å². The van der Waals surface area contributed by atoms with E-state index in [1.807, 2.05) is 12.1 Å². The maximum atomic E-state index is 5.33. The van der Waals surface area contributed by atoms with Gasteiger partial charge >= 0.3 is 0 Å². The minimum absolute atomic E-state index is 0.915. The zero-order valence-electron chi connectivity index (χ0n) is 12.7. The summed E-state index contributed by atoms with van der Waals surface area (Å²) in [5.74, 6) is 0. The summed E-state index contributed by atoms with van der Waals surface area (Å²) in [5.41, 5.74) is 2.04. The number of hydrogen-bond donors (Lipinski definition) is 0. The zero-order chi connectivity index (χ0) is 14.0. The predicted octanol–water partition coefficient (Wildman–Crippen LogP) is 5.90. The fourth-order valence-electron chi connectivity index (χ4n) is 2.72. The van der Waals surface area contributed by atoms with Crippen LogP contribution >= 0.6 is 0 Å². The molecule has 2 heteroatoms. The minimum atomic E-state index is 0.915. The van der Waals surface area contributed by atoms with Crippen LogP contribution in [0.4, 0.5) is 0 Å². The van der Waals surface area contributed by atoms with E-state index in [0.717, 1.165) is 17.7 Å². The molecule has 0 spiro atoms. The summed E-state index contributed by atoms with van der Waals surface area (Å²) in [4.78, 5) is 0. The van der Waals surface area contributed by atoms with Gasteiger partial charge in [0.1, 0.15) is 0 Å². The van der Waals surface area contributed by atoms with Crippen molar-refractivity contribution in [1.82, 2.24) is 5.16 Å². The number of nitrogens with zero attached hydrogens (tertiary/aromatic N) is 1. The second-order valence-corrected chi connectivity index (χ2v) is 5.70. The van der Waals surface area contributed by atoms with Crippen molar-refractivity contribution in [3.63, 3.8) is 0 Å². The van der Waals surface area contributed by atoms with Gasteiger partial charge < -0.3 is 4.52 Å². The summed E-state index contributed by atoms with van der Waals surface area (Å²) < 4.78 is 5.33. The first-order valence-corrected chi connectivity index (χ1v) is 8.25. The quantitative estimate of drug-likeness (QED) is 0.503. The van der Waals surface area contributed by atoms with Crippen LogP contribution in [-0.4, -0.2) is 5.16 Å². The first-order valence-electron chi connectivity index (χ1n) is 8.25. The molecule has 2 nitrogen and oxygen atoms in total. The Morgan fingerprint density at radius 3 is 2.25 bits per heavy atom. The van der Waals surface area contributed by atoms with Gasteiger partial charge in [0, 0.05) is 5.39 Å². The number of benzene rings is 1. The lowest BCUT2D eigenvalue weighted by atomic mass is 10.0. The molecule has 1 aromatic heterocycles. The van der Waals surface area contributed by atoms with Gasteiger partial charge in [-0.25, -0.2) is 0 Å². The molecule has 2 rings (SSSR count). The Balaban J connectivity index is 1.57. The van der Waals surface area contributed by atoms with E-state index in [1.165, 1.54) is 63.2 Å². The Labute approximate surface area is 122 Å². The van der Waals surface area contributed by atoms with Crippen molar-refractivity contribution in [3.8, 4) is 0 Å². The second kappa shape index (κ2) is 8.78. The molecule has 0 N–H and O–H groups in total. The third kappa shape index (κ3) is 4.66. The fraction of sp³-hybridized carbons (Fsp3) is 0.611. The van der Waals surface area contributed by atoms with Gasteiger partial charge in [-0.1, -0.05) is 75.6 Å². The number of rotatable bonds is 10. The largest absolute Gasteiger partial charge is 0.356 e. The molecule has 1 heterocycles. The van der Waals surface area contributed by atoms with Crippen molar-refractivity contribution in [2.24, 2.45) is 0 Å². The smallest absolute Gasteiger partial charge is 0.167 e. The SMILES string of the molecule is CCCCCCCCCCCc1noc2ccccc12. The molecule has 0 radical (unpaired) electrons. The van der Waals surface area contributed by atoms with Crippen LogP contribution in [0.5, 0.6) is 0 Å². The zero-order valence-corrected chi connectivity index (χ0v) is 12.7. The highest BCUT2D eigenvalue weighted by Gasteiger charge is 2.06. The van der Waals surface area contributed by atoms with Crippen LogP contribution in [0, 0.1) is 0 Å².